The molecule has 7 heteroatoms. The molecule has 0 unspecified atom stereocenters. The van der Waals surface area contributed by atoms with Crippen molar-refractivity contribution < 1.29 is 23.1 Å². The fourth-order valence-electron chi connectivity index (χ4n) is 1.02. The van der Waals surface area contributed by atoms with Crippen LogP contribution in [0.3, 0.4) is 0 Å². The normalized spacial score (nSPS) is 11.3. The standard InChI is InChI=1S/C10H19NO5S/c1-2-3-7-16-8-6-11-17(14,15)9-4-5-10(12)13/h2,11H,1,3-9H2,(H,12,13). The van der Waals surface area contributed by atoms with E-state index in [9.17, 15) is 13.2 Å². The van der Waals surface area contributed by atoms with Gasteiger partial charge in [-0.25, -0.2) is 13.1 Å². The summed E-state index contributed by atoms with van der Waals surface area (Å²) in [6.45, 7) is 4.54. The summed E-state index contributed by atoms with van der Waals surface area (Å²) in [6.07, 6.45) is 2.42. The second-order valence-corrected chi connectivity index (χ2v) is 5.33. The average molecular weight is 265 g/mol. The zero-order valence-electron chi connectivity index (χ0n) is 9.72. The third-order valence-corrected chi connectivity index (χ3v) is 3.31. The Morgan fingerprint density at radius 2 is 2.12 bits per heavy atom. The van der Waals surface area contributed by atoms with Crippen molar-refractivity contribution in [3.63, 3.8) is 0 Å². The Morgan fingerprint density at radius 3 is 2.71 bits per heavy atom. The van der Waals surface area contributed by atoms with Gasteiger partial charge >= 0.3 is 5.97 Å². The number of sulfonamides is 1. The molecule has 0 atom stereocenters. The number of nitrogens with one attached hydrogen (secondary N) is 1. The summed E-state index contributed by atoms with van der Waals surface area (Å²) in [5, 5.41) is 8.36. The largest absolute Gasteiger partial charge is 0.481 e. The fraction of sp³-hybridized carbons (Fsp3) is 0.700. The topological polar surface area (TPSA) is 92.7 Å². The molecule has 0 heterocycles. The number of aliphatic carboxylic acids is 1. The van der Waals surface area contributed by atoms with Crippen LogP contribution in [0.2, 0.25) is 0 Å². The van der Waals surface area contributed by atoms with E-state index in [2.05, 4.69) is 11.3 Å². The lowest BCUT2D eigenvalue weighted by atomic mass is 10.3. The number of rotatable bonds is 11. The molecule has 0 aromatic carbocycles. The predicted molar refractivity (Wildman–Crippen MR) is 64.3 cm³/mol. The first kappa shape index (κ1) is 16.1. The molecule has 0 aromatic rings. The van der Waals surface area contributed by atoms with Gasteiger partial charge in [0, 0.05) is 13.0 Å². The molecule has 0 radical (unpaired) electrons. The second-order valence-electron chi connectivity index (χ2n) is 3.40. The van der Waals surface area contributed by atoms with E-state index in [0.717, 1.165) is 6.42 Å². The molecule has 0 aromatic heterocycles. The van der Waals surface area contributed by atoms with Crippen LogP contribution in [0.5, 0.6) is 0 Å². The molecule has 0 amide bonds. The lowest BCUT2D eigenvalue weighted by Crippen LogP contribution is -2.30. The van der Waals surface area contributed by atoms with Gasteiger partial charge in [-0.2, -0.15) is 0 Å². The Hall–Kier alpha value is -0.920. The van der Waals surface area contributed by atoms with Gasteiger partial charge in [-0.1, -0.05) is 6.08 Å². The predicted octanol–water partition coefficient (Wildman–Crippen LogP) is 0.363. The Bertz CT molecular complexity index is 326. The van der Waals surface area contributed by atoms with E-state index >= 15 is 0 Å². The molecule has 100 valence electrons. The van der Waals surface area contributed by atoms with Crippen molar-refractivity contribution in [3.8, 4) is 0 Å². The van der Waals surface area contributed by atoms with E-state index in [-0.39, 0.29) is 25.1 Å². The average Bonchev–Trinajstić information content (AvgIpc) is 2.22. The molecule has 0 rings (SSSR count). The molecule has 2 N–H and O–H groups in total. The Morgan fingerprint density at radius 1 is 1.41 bits per heavy atom. The molecule has 0 aliphatic rings. The maximum absolute atomic E-state index is 11.3. The number of ether oxygens (including phenoxy) is 1. The summed E-state index contributed by atoms with van der Waals surface area (Å²) >= 11 is 0. The summed E-state index contributed by atoms with van der Waals surface area (Å²) in [7, 11) is -3.38. The molecular formula is C10H19NO5S. The molecule has 0 fully saturated rings. The summed E-state index contributed by atoms with van der Waals surface area (Å²) in [5.41, 5.74) is 0. The van der Waals surface area contributed by atoms with Crippen molar-refractivity contribution >= 4 is 16.0 Å². The maximum Gasteiger partial charge on any atom is 0.303 e. The highest BCUT2D eigenvalue weighted by Gasteiger charge is 2.10. The molecule has 17 heavy (non-hydrogen) atoms. The number of carboxylic acid groups (broad SMARTS) is 1. The van der Waals surface area contributed by atoms with Crippen molar-refractivity contribution in [2.75, 3.05) is 25.5 Å². The van der Waals surface area contributed by atoms with Crippen molar-refractivity contribution in [2.24, 2.45) is 0 Å². The van der Waals surface area contributed by atoms with Gasteiger partial charge in [0.15, 0.2) is 0 Å². The Kier molecular flexibility index (Phi) is 8.65. The Balaban J connectivity index is 3.57. The minimum Gasteiger partial charge on any atom is -0.481 e. The Labute approximate surface area is 102 Å². The molecular weight excluding hydrogens is 246 g/mol. The molecule has 6 nitrogen and oxygen atoms in total. The van der Waals surface area contributed by atoms with Crippen molar-refractivity contribution in [3.05, 3.63) is 12.7 Å². The first-order chi connectivity index (χ1) is 7.98. The van der Waals surface area contributed by atoms with E-state index in [4.69, 9.17) is 9.84 Å². The van der Waals surface area contributed by atoms with Crippen LogP contribution in [-0.4, -0.2) is 45.0 Å². The fourth-order valence-corrected chi connectivity index (χ4v) is 2.09. The summed E-state index contributed by atoms with van der Waals surface area (Å²) < 4.78 is 30.1. The third-order valence-electron chi connectivity index (χ3n) is 1.84. The summed E-state index contributed by atoms with van der Waals surface area (Å²) in [6, 6.07) is 0. The highest BCUT2D eigenvalue weighted by molar-refractivity contribution is 7.89. The highest BCUT2D eigenvalue weighted by atomic mass is 32.2. The lowest BCUT2D eigenvalue weighted by Gasteiger charge is -2.06. The minimum atomic E-state index is -3.38. The zero-order valence-corrected chi connectivity index (χ0v) is 10.5. The first-order valence-corrected chi connectivity index (χ1v) is 7.01. The van der Waals surface area contributed by atoms with Crippen LogP contribution in [-0.2, 0) is 19.6 Å². The molecule has 0 saturated heterocycles. The van der Waals surface area contributed by atoms with Crippen LogP contribution >= 0.6 is 0 Å². The number of carboxylic acids is 1. The number of hydrogen-bond acceptors (Lipinski definition) is 4. The number of hydrogen-bond donors (Lipinski definition) is 2. The molecule has 0 spiro atoms. The van der Waals surface area contributed by atoms with E-state index in [1.54, 1.807) is 6.08 Å². The van der Waals surface area contributed by atoms with E-state index in [1.807, 2.05) is 0 Å². The first-order valence-electron chi connectivity index (χ1n) is 5.35. The molecule has 0 aliphatic carbocycles. The van der Waals surface area contributed by atoms with Crippen LogP contribution < -0.4 is 4.72 Å². The van der Waals surface area contributed by atoms with Gasteiger partial charge in [-0.15, -0.1) is 6.58 Å². The van der Waals surface area contributed by atoms with Gasteiger partial charge in [0.25, 0.3) is 0 Å². The summed E-state index contributed by atoms with van der Waals surface area (Å²) in [4.78, 5) is 10.2. The van der Waals surface area contributed by atoms with Gasteiger partial charge in [-0.05, 0) is 12.8 Å². The van der Waals surface area contributed by atoms with Crippen molar-refractivity contribution in [1.29, 1.82) is 0 Å². The van der Waals surface area contributed by atoms with Crippen LogP contribution in [0, 0.1) is 0 Å². The van der Waals surface area contributed by atoms with Gasteiger partial charge in [0.1, 0.15) is 0 Å². The third kappa shape index (κ3) is 11.3. The van der Waals surface area contributed by atoms with Crippen LogP contribution in [0.15, 0.2) is 12.7 Å². The van der Waals surface area contributed by atoms with Gasteiger partial charge in [-0.3, -0.25) is 4.79 Å². The minimum absolute atomic E-state index is 0.113. The molecule has 0 bridgehead atoms. The smallest absolute Gasteiger partial charge is 0.303 e. The van der Waals surface area contributed by atoms with Gasteiger partial charge in [0.05, 0.1) is 19.0 Å². The van der Waals surface area contributed by atoms with E-state index in [1.165, 1.54) is 0 Å². The lowest BCUT2D eigenvalue weighted by molar-refractivity contribution is -0.137. The summed E-state index contributed by atoms with van der Waals surface area (Å²) in [5.74, 6) is -1.17. The molecule has 0 aliphatic heterocycles. The quantitative estimate of drug-likeness (QED) is 0.416. The SMILES string of the molecule is C=CCCOCCNS(=O)(=O)CCCC(=O)O. The number of carbonyl (C=O) groups is 1. The van der Waals surface area contributed by atoms with Crippen molar-refractivity contribution in [2.45, 2.75) is 19.3 Å². The van der Waals surface area contributed by atoms with Gasteiger partial charge < -0.3 is 9.84 Å². The van der Waals surface area contributed by atoms with Crippen LogP contribution in [0.4, 0.5) is 0 Å². The zero-order chi connectivity index (χ0) is 13.1. The highest BCUT2D eigenvalue weighted by Crippen LogP contribution is 1.94. The van der Waals surface area contributed by atoms with Crippen molar-refractivity contribution in [1.82, 2.24) is 4.72 Å². The van der Waals surface area contributed by atoms with E-state index in [0.29, 0.717) is 13.2 Å². The van der Waals surface area contributed by atoms with Crippen LogP contribution in [0.25, 0.3) is 0 Å². The monoisotopic (exact) mass is 265 g/mol. The van der Waals surface area contributed by atoms with Gasteiger partial charge in [0.2, 0.25) is 10.0 Å². The maximum atomic E-state index is 11.3. The second kappa shape index (κ2) is 9.15. The van der Waals surface area contributed by atoms with Crippen LogP contribution in [0.1, 0.15) is 19.3 Å². The molecule has 0 saturated carbocycles. The van der Waals surface area contributed by atoms with E-state index < -0.39 is 16.0 Å².